The predicted octanol–water partition coefficient (Wildman–Crippen LogP) is 4.12. The first-order chi connectivity index (χ1) is 15.8. The summed E-state index contributed by atoms with van der Waals surface area (Å²) in [7, 11) is -2.09. The number of anilines is 1. The highest BCUT2D eigenvalue weighted by Crippen LogP contribution is 2.31. The number of halogens is 1. The van der Waals surface area contributed by atoms with Crippen LogP contribution in [0.4, 0.5) is 5.69 Å². The van der Waals surface area contributed by atoms with Crippen molar-refractivity contribution in [1.29, 1.82) is 0 Å². The average molecular weight is 489 g/mol. The molecule has 1 amide bonds. The minimum atomic E-state index is -3.58. The van der Waals surface area contributed by atoms with E-state index in [0.29, 0.717) is 35.2 Å². The van der Waals surface area contributed by atoms with Crippen molar-refractivity contribution in [1.82, 2.24) is 5.32 Å². The van der Waals surface area contributed by atoms with Crippen LogP contribution in [-0.4, -0.2) is 40.8 Å². The standard InChI is InChI=1S/C24H25ClN2O5S/c1-31-23-13-12-20(16-22(23)25)27(33(2,29)30)17-18-8-10-19(11-9-18)24(28)26-14-15-32-21-6-4-3-5-7-21/h3-13,16H,14-15,17H2,1-2H3,(H,26,28). The van der Waals surface area contributed by atoms with E-state index < -0.39 is 10.0 Å². The maximum Gasteiger partial charge on any atom is 0.251 e. The van der Waals surface area contributed by atoms with Gasteiger partial charge in [-0.05, 0) is 48.0 Å². The van der Waals surface area contributed by atoms with E-state index in [0.717, 1.165) is 17.6 Å². The number of methoxy groups -OCH3 is 1. The number of carbonyl (C=O) groups excluding carboxylic acids is 1. The van der Waals surface area contributed by atoms with Gasteiger partial charge in [0.2, 0.25) is 10.0 Å². The Morgan fingerprint density at radius 3 is 2.33 bits per heavy atom. The molecule has 0 radical (unpaired) electrons. The molecular weight excluding hydrogens is 464 g/mol. The number of ether oxygens (including phenoxy) is 2. The largest absolute Gasteiger partial charge is 0.495 e. The van der Waals surface area contributed by atoms with Crippen LogP contribution >= 0.6 is 11.6 Å². The van der Waals surface area contributed by atoms with E-state index in [1.54, 1.807) is 42.5 Å². The van der Waals surface area contributed by atoms with E-state index in [1.165, 1.54) is 11.4 Å². The lowest BCUT2D eigenvalue weighted by molar-refractivity contribution is 0.0947. The number of sulfonamides is 1. The summed E-state index contributed by atoms with van der Waals surface area (Å²) < 4.78 is 36.7. The fourth-order valence-electron chi connectivity index (χ4n) is 3.09. The van der Waals surface area contributed by atoms with Crippen molar-refractivity contribution < 1.29 is 22.7 Å². The van der Waals surface area contributed by atoms with Crippen LogP contribution in [-0.2, 0) is 16.6 Å². The zero-order valence-electron chi connectivity index (χ0n) is 18.3. The van der Waals surface area contributed by atoms with Gasteiger partial charge in [-0.2, -0.15) is 0 Å². The molecule has 174 valence electrons. The number of para-hydroxylation sites is 1. The highest BCUT2D eigenvalue weighted by Gasteiger charge is 2.19. The van der Waals surface area contributed by atoms with Gasteiger partial charge in [0, 0.05) is 5.56 Å². The summed E-state index contributed by atoms with van der Waals surface area (Å²) in [5.41, 5.74) is 1.61. The zero-order valence-corrected chi connectivity index (χ0v) is 19.9. The van der Waals surface area contributed by atoms with Crippen LogP contribution in [0, 0.1) is 0 Å². The number of amides is 1. The second kappa shape index (κ2) is 11.1. The molecule has 0 heterocycles. The molecule has 0 aliphatic rings. The van der Waals surface area contributed by atoms with Crippen molar-refractivity contribution in [2.24, 2.45) is 0 Å². The van der Waals surface area contributed by atoms with Gasteiger partial charge >= 0.3 is 0 Å². The zero-order chi connectivity index (χ0) is 23.8. The van der Waals surface area contributed by atoms with E-state index in [4.69, 9.17) is 21.1 Å². The summed E-state index contributed by atoms with van der Waals surface area (Å²) in [6, 6.07) is 20.9. The fourth-order valence-corrected chi connectivity index (χ4v) is 4.22. The molecule has 1 N–H and O–H groups in total. The Morgan fingerprint density at radius 1 is 1.03 bits per heavy atom. The van der Waals surface area contributed by atoms with E-state index >= 15 is 0 Å². The van der Waals surface area contributed by atoms with Gasteiger partial charge in [-0.25, -0.2) is 8.42 Å². The molecule has 0 aliphatic carbocycles. The van der Waals surface area contributed by atoms with E-state index in [9.17, 15) is 13.2 Å². The minimum absolute atomic E-state index is 0.0916. The van der Waals surface area contributed by atoms with E-state index in [1.807, 2.05) is 30.3 Å². The van der Waals surface area contributed by atoms with Crippen LogP contribution in [0.15, 0.2) is 72.8 Å². The van der Waals surface area contributed by atoms with E-state index in [-0.39, 0.29) is 12.5 Å². The quantitative estimate of drug-likeness (QED) is 0.434. The Hall–Kier alpha value is -3.23. The monoisotopic (exact) mass is 488 g/mol. The Balaban J connectivity index is 1.61. The minimum Gasteiger partial charge on any atom is -0.495 e. The predicted molar refractivity (Wildman–Crippen MR) is 130 cm³/mol. The van der Waals surface area contributed by atoms with Crippen LogP contribution in [0.1, 0.15) is 15.9 Å². The lowest BCUT2D eigenvalue weighted by atomic mass is 10.1. The molecule has 3 aromatic carbocycles. The van der Waals surface area contributed by atoms with Gasteiger partial charge in [-0.15, -0.1) is 0 Å². The van der Waals surface area contributed by atoms with Crippen molar-refractivity contribution in [2.45, 2.75) is 6.54 Å². The number of hydrogen-bond donors (Lipinski definition) is 1. The average Bonchev–Trinajstić information content (AvgIpc) is 2.80. The number of benzene rings is 3. The number of rotatable bonds is 10. The Bertz CT molecular complexity index is 1190. The van der Waals surface area contributed by atoms with Crippen LogP contribution in [0.25, 0.3) is 0 Å². The molecule has 0 spiro atoms. The third kappa shape index (κ3) is 6.87. The summed E-state index contributed by atoms with van der Waals surface area (Å²) in [4.78, 5) is 12.4. The van der Waals surface area contributed by atoms with Crippen molar-refractivity contribution >= 4 is 33.2 Å². The first kappa shape index (κ1) is 24.4. The Kier molecular flexibility index (Phi) is 8.19. The van der Waals surface area contributed by atoms with Crippen molar-refractivity contribution in [3.63, 3.8) is 0 Å². The molecule has 0 bridgehead atoms. The highest BCUT2D eigenvalue weighted by atomic mass is 35.5. The lowest BCUT2D eigenvalue weighted by Crippen LogP contribution is -2.29. The molecule has 0 atom stereocenters. The van der Waals surface area contributed by atoms with E-state index in [2.05, 4.69) is 5.32 Å². The van der Waals surface area contributed by atoms with Crippen molar-refractivity contribution in [3.05, 3.63) is 88.9 Å². The lowest BCUT2D eigenvalue weighted by Gasteiger charge is -2.23. The molecule has 3 aromatic rings. The first-order valence-corrected chi connectivity index (χ1v) is 12.4. The van der Waals surface area contributed by atoms with Crippen molar-refractivity contribution in [3.8, 4) is 11.5 Å². The molecule has 0 aliphatic heterocycles. The number of nitrogens with zero attached hydrogens (tertiary/aromatic N) is 1. The second-order valence-corrected chi connectivity index (χ2v) is 9.52. The molecule has 33 heavy (non-hydrogen) atoms. The maximum atomic E-state index is 12.4. The third-order valence-electron chi connectivity index (χ3n) is 4.77. The van der Waals surface area contributed by atoms with Gasteiger partial charge in [0.15, 0.2) is 0 Å². The Morgan fingerprint density at radius 2 is 1.73 bits per heavy atom. The van der Waals surface area contributed by atoms with Crippen LogP contribution in [0.2, 0.25) is 5.02 Å². The normalized spacial score (nSPS) is 11.0. The summed E-state index contributed by atoms with van der Waals surface area (Å²) in [5.74, 6) is 0.961. The fraction of sp³-hybridized carbons (Fsp3) is 0.208. The third-order valence-corrected chi connectivity index (χ3v) is 6.20. The summed E-state index contributed by atoms with van der Waals surface area (Å²) in [6.07, 6.45) is 1.13. The summed E-state index contributed by atoms with van der Waals surface area (Å²) in [5, 5.41) is 3.11. The maximum absolute atomic E-state index is 12.4. The molecule has 0 unspecified atom stereocenters. The van der Waals surface area contributed by atoms with Gasteiger partial charge in [-0.3, -0.25) is 9.10 Å². The molecule has 0 saturated carbocycles. The molecule has 7 nitrogen and oxygen atoms in total. The van der Waals surface area contributed by atoms with Crippen LogP contribution in [0.3, 0.4) is 0 Å². The topological polar surface area (TPSA) is 84.9 Å². The van der Waals surface area contributed by atoms with Gasteiger partial charge < -0.3 is 14.8 Å². The SMILES string of the molecule is COc1ccc(N(Cc2ccc(C(=O)NCCOc3ccccc3)cc2)S(C)(=O)=O)cc1Cl. The summed E-state index contributed by atoms with van der Waals surface area (Å²) in [6.45, 7) is 0.797. The molecule has 0 aromatic heterocycles. The van der Waals surface area contributed by atoms with Gasteiger partial charge in [0.1, 0.15) is 18.1 Å². The number of nitrogens with one attached hydrogen (secondary N) is 1. The van der Waals surface area contributed by atoms with Crippen LogP contribution < -0.4 is 19.1 Å². The highest BCUT2D eigenvalue weighted by molar-refractivity contribution is 7.92. The van der Waals surface area contributed by atoms with Crippen LogP contribution in [0.5, 0.6) is 11.5 Å². The summed E-state index contributed by atoms with van der Waals surface area (Å²) >= 11 is 6.17. The first-order valence-electron chi connectivity index (χ1n) is 10.1. The van der Waals surface area contributed by atoms with Gasteiger partial charge in [0.05, 0.1) is 37.2 Å². The molecular formula is C24H25ClN2O5S. The molecule has 0 saturated heterocycles. The number of hydrogen-bond acceptors (Lipinski definition) is 5. The number of carbonyl (C=O) groups is 1. The smallest absolute Gasteiger partial charge is 0.251 e. The van der Waals surface area contributed by atoms with Crippen molar-refractivity contribution in [2.75, 3.05) is 30.8 Å². The van der Waals surface area contributed by atoms with Gasteiger partial charge in [0.25, 0.3) is 5.91 Å². The van der Waals surface area contributed by atoms with Gasteiger partial charge in [-0.1, -0.05) is 41.9 Å². The molecule has 3 rings (SSSR count). The Labute approximate surface area is 198 Å². The second-order valence-electron chi connectivity index (χ2n) is 7.20. The molecule has 9 heteroatoms. The molecule has 0 fully saturated rings.